The number of carbonyl (C=O) groups excluding carboxylic acids is 2. The third kappa shape index (κ3) is 3.96. The van der Waals surface area contributed by atoms with Crippen LogP contribution in [0.2, 0.25) is 0 Å². The van der Waals surface area contributed by atoms with Crippen LogP contribution in [0.25, 0.3) is 0 Å². The second-order valence-electron chi connectivity index (χ2n) is 7.81. The van der Waals surface area contributed by atoms with Gasteiger partial charge in [-0.1, -0.05) is 31.7 Å². The maximum atomic E-state index is 13.4. The molecule has 0 spiro atoms. The number of nitrogens with one attached hydrogen (secondary N) is 1. The van der Waals surface area contributed by atoms with E-state index in [0.717, 1.165) is 56.9 Å². The molecule has 6 heteroatoms. The van der Waals surface area contributed by atoms with Gasteiger partial charge < -0.3 is 14.6 Å². The Morgan fingerprint density at radius 2 is 1.82 bits per heavy atom. The molecule has 2 aliphatic rings. The maximum absolute atomic E-state index is 13.4. The molecule has 2 heterocycles. The number of furan rings is 1. The third-order valence-corrected chi connectivity index (χ3v) is 5.91. The van der Waals surface area contributed by atoms with Gasteiger partial charge in [-0.2, -0.15) is 0 Å². The first-order valence-electron chi connectivity index (χ1n) is 10.3. The minimum Gasteiger partial charge on any atom is -0.459 e. The summed E-state index contributed by atoms with van der Waals surface area (Å²) in [6.45, 7) is 0. The predicted octanol–water partition coefficient (Wildman–Crippen LogP) is 3.86. The number of carbonyl (C=O) groups is 2. The second kappa shape index (κ2) is 8.59. The molecule has 2 fully saturated rings. The Kier molecular flexibility index (Phi) is 5.74. The Labute approximate surface area is 165 Å². The fraction of sp³-hybridized carbons (Fsp3) is 0.500. The molecule has 1 atom stereocenters. The average molecular weight is 381 g/mol. The zero-order valence-electron chi connectivity index (χ0n) is 16.0. The van der Waals surface area contributed by atoms with Gasteiger partial charge in [0.25, 0.3) is 5.91 Å². The molecule has 0 saturated heterocycles. The number of hydrogen-bond donors (Lipinski definition) is 1. The van der Waals surface area contributed by atoms with E-state index in [0.29, 0.717) is 0 Å². The van der Waals surface area contributed by atoms with Gasteiger partial charge in [-0.05, 0) is 43.9 Å². The van der Waals surface area contributed by atoms with Crippen LogP contribution >= 0.6 is 0 Å². The van der Waals surface area contributed by atoms with Crippen molar-refractivity contribution in [2.75, 3.05) is 0 Å². The Hall–Kier alpha value is -2.63. The Balaban J connectivity index is 1.69. The number of amides is 2. The lowest BCUT2D eigenvalue weighted by molar-refractivity contribution is -0.127. The summed E-state index contributed by atoms with van der Waals surface area (Å²) < 4.78 is 5.40. The quantitative estimate of drug-likeness (QED) is 0.824. The number of rotatable bonds is 6. The molecule has 4 rings (SSSR count). The van der Waals surface area contributed by atoms with Gasteiger partial charge in [0.15, 0.2) is 5.76 Å². The van der Waals surface area contributed by atoms with Gasteiger partial charge in [-0.3, -0.25) is 14.6 Å². The Morgan fingerprint density at radius 3 is 2.46 bits per heavy atom. The minimum absolute atomic E-state index is 0.0251. The summed E-state index contributed by atoms with van der Waals surface area (Å²) >= 11 is 0. The molecule has 1 unspecified atom stereocenters. The van der Waals surface area contributed by atoms with Crippen LogP contribution in [-0.4, -0.2) is 33.8 Å². The van der Waals surface area contributed by atoms with Crippen molar-refractivity contribution in [1.82, 2.24) is 15.2 Å². The number of pyridine rings is 1. The highest BCUT2D eigenvalue weighted by molar-refractivity contribution is 5.96. The summed E-state index contributed by atoms with van der Waals surface area (Å²) in [6, 6.07) is 6.58. The fourth-order valence-corrected chi connectivity index (χ4v) is 4.53. The van der Waals surface area contributed by atoms with Crippen molar-refractivity contribution in [3.05, 3.63) is 54.2 Å². The summed E-state index contributed by atoms with van der Waals surface area (Å²) in [5, 5.41) is 3.19. The van der Waals surface area contributed by atoms with E-state index in [1.165, 1.54) is 6.26 Å². The van der Waals surface area contributed by atoms with E-state index in [1.54, 1.807) is 29.4 Å². The Bertz CT molecular complexity index is 779. The average Bonchev–Trinajstić information content (AvgIpc) is 3.49. The maximum Gasteiger partial charge on any atom is 0.290 e. The lowest BCUT2D eigenvalue weighted by Gasteiger charge is -2.36. The zero-order valence-corrected chi connectivity index (χ0v) is 16.0. The van der Waals surface area contributed by atoms with Crippen molar-refractivity contribution in [2.45, 2.75) is 69.5 Å². The molecule has 0 aromatic carbocycles. The standard InChI is InChI=1S/C22H27N3O3/c26-21(24-17-8-1-2-9-17)20(16-7-5-13-23-15-16)25(18-10-3-4-11-18)22(27)19-12-6-14-28-19/h5-7,12-15,17-18,20H,1-4,8-11H2,(H,24,26). The van der Waals surface area contributed by atoms with Crippen molar-refractivity contribution in [1.29, 1.82) is 0 Å². The lowest BCUT2D eigenvalue weighted by atomic mass is 10.0. The van der Waals surface area contributed by atoms with Crippen LogP contribution in [0.4, 0.5) is 0 Å². The van der Waals surface area contributed by atoms with Gasteiger partial charge in [0.05, 0.1) is 6.26 Å². The summed E-state index contributed by atoms with van der Waals surface area (Å²) in [6.07, 6.45) is 13.1. The molecule has 148 valence electrons. The van der Waals surface area contributed by atoms with E-state index in [2.05, 4.69) is 10.3 Å². The van der Waals surface area contributed by atoms with Crippen molar-refractivity contribution < 1.29 is 14.0 Å². The SMILES string of the molecule is O=C(NC1CCCC1)C(c1cccnc1)N(C(=O)c1ccco1)C1CCCC1. The van der Waals surface area contributed by atoms with E-state index >= 15 is 0 Å². The van der Waals surface area contributed by atoms with Gasteiger partial charge in [0.2, 0.25) is 5.91 Å². The molecule has 0 radical (unpaired) electrons. The third-order valence-electron chi connectivity index (χ3n) is 5.91. The van der Waals surface area contributed by atoms with Gasteiger partial charge in [-0.25, -0.2) is 0 Å². The van der Waals surface area contributed by atoms with Crippen LogP contribution in [0.15, 0.2) is 47.3 Å². The minimum atomic E-state index is -0.699. The Morgan fingerprint density at radius 1 is 1.07 bits per heavy atom. The van der Waals surface area contributed by atoms with Crippen molar-refractivity contribution in [3.8, 4) is 0 Å². The highest BCUT2D eigenvalue weighted by atomic mass is 16.3. The fourth-order valence-electron chi connectivity index (χ4n) is 4.53. The number of hydrogen-bond acceptors (Lipinski definition) is 4. The predicted molar refractivity (Wildman–Crippen MR) is 105 cm³/mol. The van der Waals surface area contributed by atoms with E-state index in [4.69, 9.17) is 4.42 Å². The zero-order chi connectivity index (χ0) is 19.3. The largest absolute Gasteiger partial charge is 0.459 e. The van der Waals surface area contributed by atoms with Crippen molar-refractivity contribution in [2.24, 2.45) is 0 Å². The molecular weight excluding hydrogens is 354 g/mol. The van der Waals surface area contributed by atoms with E-state index in [9.17, 15) is 9.59 Å². The first-order chi connectivity index (χ1) is 13.7. The molecule has 28 heavy (non-hydrogen) atoms. The van der Waals surface area contributed by atoms with Gasteiger partial charge in [-0.15, -0.1) is 0 Å². The van der Waals surface area contributed by atoms with Crippen molar-refractivity contribution in [3.63, 3.8) is 0 Å². The smallest absolute Gasteiger partial charge is 0.290 e. The second-order valence-corrected chi connectivity index (χ2v) is 7.81. The van der Waals surface area contributed by atoms with E-state index < -0.39 is 6.04 Å². The van der Waals surface area contributed by atoms with Gasteiger partial charge in [0.1, 0.15) is 6.04 Å². The first-order valence-corrected chi connectivity index (χ1v) is 10.3. The summed E-state index contributed by atoms with van der Waals surface area (Å²) in [5.74, 6) is -0.0755. The monoisotopic (exact) mass is 381 g/mol. The molecule has 6 nitrogen and oxygen atoms in total. The summed E-state index contributed by atoms with van der Waals surface area (Å²) in [4.78, 5) is 32.7. The molecule has 0 aliphatic heterocycles. The molecule has 2 saturated carbocycles. The number of aromatic nitrogens is 1. The van der Waals surface area contributed by atoms with Gasteiger partial charge in [0, 0.05) is 30.0 Å². The van der Waals surface area contributed by atoms with Gasteiger partial charge >= 0.3 is 0 Å². The van der Waals surface area contributed by atoms with Crippen LogP contribution in [0.1, 0.15) is 73.5 Å². The molecule has 2 aromatic heterocycles. The number of nitrogens with zero attached hydrogens (tertiary/aromatic N) is 2. The highest BCUT2D eigenvalue weighted by Gasteiger charge is 2.39. The molecule has 0 bridgehead atoms. The summed E-state index contributed by atoms with van der Waals surface area (Å²) in [5.41, 5.74) is 0.741. The molecule has 2 aromatic rings. The lowest BCUT2D eigenvalue weighted by Crippen LogP contribution is -2.49. The van der Waals surface area contributed by atoms with Crippen LogP contribution in [-0.2, 0) is 4.79 Å². The van der Waals surface area contributed by atoms with Crippen LogP contribution in [0.5, 0.6) is 0 Å². The first kappa shape index (κ1) is 18.7. The van der Waals surface area contributed by atoms with E-state index in [-0.39, 0.29) is 29.7 Å². The molecule has 2 amide bonds. The van der Waals surface area contributed by atoms with Crippen LogP contribution in [0, 0.1) is 0 Å². The van der Waals surface area contributed by atoms with Crippen LogP contribution < -0.4 is 5.32 Å². The highest BCUT2D eigenvalue weighted by Crippen LogP contribution is 2.33. The van der Waals surface area contributed by atoms with Crippen molar-refractivity contribution >= 4 is 11.8 Å². The molecule has 1 N–H and O–H groups in total. The summed E-state index contributed by atoms with van der Waals surface area (Å²) in [7, 11) is 0. The molecular formula is C22H27N3O3. The topological polar surface area (TPSA) is 75.4 Å². The normalized spacial score (nSPS) is 18.9. The van der Waals surface area contributed by atoms with Crippen LogP contribution in [0.3, 0.4) is 0 Å². The molecule has 2 aliphatic carbocycles. The van der Waals surface area contributed by atoms with E-state index in [1.807, 2.05) is 12.1 Å².